The summed E-state index contributed by atoms with van der Waals surface area (Å²) in [6.45, 7) is 4.20. The second kappa shape index (κ2) is 7.29. The third kappa shape index (κ3) is 3.81. The predicted octanol–water partition coefficient (Wildman–Crippen LogP) is 5.77. The molecule has 3 aromatic rings. The molecule has 3 rings (SSSR count). The highest BCUT2D eigenvalue weighted by Gasteiger charge is 2.05. The van der Waals surface area contributed by atoms with Gasteiger partial charge >= 0.3 is 0 Å². The van der Waals surface area contributed by atoms with Gasteiger partial charge in [-0.3, -0.25) is 0 Å². The number of aryl methyl sites for hydroxylation is 1. The molecular weight excluding hydrogens is 290 g/mol. The molecule has 0 bridgehead atoms. The Morgan fingerprint density at radius 1 is 0.792 bits per heavy atom. The fourth-order valence-electron chi connectivity index (χ4n) is 2.81. The van der Waals surface area contributed by atoms with Crippen LogP contribution in [-0.4, -0.2) is 0 Å². The zero-order valence-electron chi connectivity index (χ0n) is 14.2. The molecule has 1 heteroatoms. The predicted molar refractivity (Wildman–Crippen MR) is 104 cm³/mol. The van der Waals surface area contributed by atoms with Crippen molar-refractivity contribution in [3.63, 3.8) is 0 Å². The van der Waals surface area contributed by atoms with E-state index in [1.807, 2.05) is 6.07 Å². The maximum absolute atomic E-state index is 6.33. The molecule has 0 saturated heterocycles. The van der Waals surface area contributed by atoms with E-state index in [0.717, 1.165) is 5.56 Å². The first-order valence-electron chi connectivity index (χ1n) is 8.30. The van der Waals surface area contributed by atoms with Gasteiger partial charge in [-0.2, -0.15) is 0 Å². The average molecular weight is 313 g/mol. The molecule has 24 heavy (non-hydrogen) atoms. The van der Waals surface area contributed by atoms with E-state index in [1.54, 1.807) is 0 Å². The highest BCUT2D eigenvalue weighted by molar-refractivity contribution is 5.70. The van der Waals surface area contributed by atoms with Crippen molar-refractivity contribution in [2.75, 3.05) is 0 Å². The largest absolute Gasteiger partial charge is 0.321 e. The van der Waals surface area contributed by atoms with Gasteiger partial charge in [-0.15, -0.1) is 0 Å². The van der Waals surface area contributed by atoms with Crippen LogP contribution in [0.3, 0.4) is 0 Å². The number of benzene rings is 3. The van der Waals surface area contributed by atoms with Crippen LogP contribution in [-0.2, 0) is 0 Å². The molecule has 1 atom stereocenters. The Morgan fingerprint density at radius 3 is 2.00 bits per heavy atom. The van der Waals surface area contributed by atoms with Crippen molar-refractivity contribution in [2.45, 2.75) is 19.9 Å². The van der Waals surface area contributed by atoms with E-state index in [-0.39, 0.29) is 6.04 Å². The molecule has 2 N–H and O–H groups in total. The Hall–Kier alpha value is -2.64. The molecule has 120 valence electrons. The monoisotopic (exact) mass is 313 g/mol. The van der Waals surface area contributed by atoms with Gasteiger partial charge in [0, 0.05) is 6.04 Å². The quantitative estimate of drug-likeness (QED) is 0.650. The minimum atomic E-state index is -0.0839. The fourth-order valence-corrected chi connectivity index (χ4v) is 2.81. The van der Waals surface area contributed by atoms with Gasteiger partial charge in [0.05, 0.1) is 0 Å². The van der Waals surface area contributed by atoms with Crippen LogP contribution < -0.4 is 5.73 Å². The van der Waals surface area contributed by atoms with E-state index in [0.29, 0.717) is 0 Å². The molecule has 3 aromatic carbocycles. The van der Waals surface area contributed by atoms with Crippen LogP contribution in [0.2, 0.25) is 0 Å². The average Bonchev–Trinajstić information content (AvgIpc) is 2.63. The van der Waals surface area contributed by atoms with Crippen molar-refractivity contribution in [1.82, 2.24) is 0 Å². The third-order valence-corrected chi connectivity index (χ3v) is 4.34. The summed E-state index contributed by atoms with van der Waals surface area (Å²) in [7, 11) is 0. The van der Waals surface area contributed by atoms with Gasteiger partial charge in [-0.1, -0.05) is 90.5 Å². The zero-order chi connectivity index (χ0) is 16.9. The number of hydrogen-bond acceptors (Lipinski definition) is 1. The molecule has 0 fully saturated rings. The fraction of sp³-hybridized carbons (Fsp3) is 0.130. The van der Waals surface area contributed by atoms with Crippen molar-refractivity contribution in [2.24, 2.45) is 5.73 Å². The van der Waals surface area contributed by atoms with Crippen molar-refractivity contribution in [3.8, 4) is 11.1 Å². The van der Waals surface area contributed by atoms with E-state index in [2.05, 4.69) is 92.7 Å². The summed E-state index contributed by atoms with van der Waals surface area (Å²) < 4.78 is 0. The van der Waals surface area contributed by atoms with Gasteiger partial charge in [-0.05, 0) is 41.7 Å². The van der Waals surface area contributed by atoms with Crippen molar-refractivity contribution in [1.29, 1.82) is 0 Å². The maximum atomic E-state index is 6.33. The molecule has 0 spiro atoms. The number of hydrogen-bond donors (Lipinski definition) is 1. The normalized spacial score (nSPS) is 12.9. The van der Waals surface area contributed by atoms with Gasteiger partial charge in [0.15, 0.2) is 0 Å². The standard InChI is InChI=1S/C23H23N/c1-17-8-10-22(11-9-17)23(24)16-18(2)19-12-14-21(15-13-19)20-6-4-3-5-7-20/h3-16,23H,24H2,1-2H3/b18-16+. The minimum absolute atomic E-state index is 0.0839. The summed E-state index contributed by atoms with van der Waals surface area (Å²) >= 11 is 0. The first kappa shape index (κ1) is 16.2. The Kier molecular flexibility index (Phi) is 4.93. The molecule has 0 saturated carbocycles. The Labute approximate surface area is 144 Å². The van der Waals surface area contributed by atoms with Crippen molar-refractivity contribution < 1.29 is 0 Å². The highest BCUT2D eigenvalue weighted by atomic mass is 14.6. The lowest BCUT2D eigenvalue weighted by Gasteiger charge is -2.11. The number of rotatable bonds is 4. The molecule has 0 aromatic heterocycles. The summed E-state index contributed by atoms with van der Waals surface area (Å²) in [5.41, 5.74) is 13.6. The Morgan fingerprint density at radius 2 is 1.38 bits per heavy atom. The molecule has 0 heterocycles. The van der Waals surface area contributed by atoms with Gasteiger partial charge < -0.3 is 5.73 Å². The molecule has 0 amide bonds. The van der Waals surface area contributed by atoms with Crippen LogP contribution in [0.25, 0.3) is 16.7 Å². The van der Waals surface area contributed by atoms with Crippen LogP contribution in [0, 0.1) is 6.92 Å². The lowest BCUT2D eigenvalue weighted by Crippen LogP contribution is -2.07. The molecule has 0 aliphatic heterocycles. The highest BCUT2D eigenvalue weighted by Crippen LogP contribution is 2.24. The molecule has 0 radical (unpaired) electrons. The van der Waals surface area contributed by atoms with E-state index in [4.69, 9.17) is 5.73 Å². The summed E-state index contributed by atoms with van der Waals surface area (Å²) in [5.74, 6) is 0. The first-order chi connectivity index (χ1) is 11.6. The van der Waals surface area contributed by atoms with Crippen LogP contribution in [0.5, 0.6) is 0 Å². The van der Waals surface area contributed by atoms with E-state index >= 15 is 0 Å². The minimum Gasteiger partial charge on any atom is -0.321 e. The van der Waals surface area contributed by atoms with E-state index in [1.165, 1.54) is 27.8 Å². The SMILES string of the molecule is C/C(=C\C(N)c1ccc(C)cc1)c1ccc(-c2ccccc2)cc1. The molecular formula is C23H23N. The van der Waals surface area contributed by atoms with Crippen molar-refractivity contribution >= 4 is 5.57 Å². The summed E-state index contributed by atoms with van der Waals surface area (Å²) in [4.78, 5) is 0. The van der Waals surface area contributed by atoms with Gasteiger partial charge in [-0.25, -0.2) is 0 Å². The van der Waals surface area contributed by atoms with Crippen molar-refractivity contribution in [3.05, 3.63) is 102 Å². The second-order valence-corrected chi connectivity index (χ2v) is 6.23. The smallest absolute Gasteiger partial charge is 0.0486 e. The maximum Gasteiger partial charge on any atom is 0.0486 e. The molecule has 0 aliphatic rings. The van der Waals surface area contributed by atoms with Gasteiger partial charge in [0.2, 0.25) is 0 Å². The van der Waals surface area contributed by atoms with Crippen LogP contribution in [0.4, 0.5) is 0 Å². The Bertz CT molecular complexity index is 812. The Balaban J connectivity index is 1.79. The van der Waals surface area contributed by atoms with Crippen LogP contribution in [0.15, 0.2) is 84.9 Å². The zero-order valence-corrected chi connectivity index (χ0v) is 14.2. The summed E-state index contributed by atoms with van der Waals surface area (Å²) in [6, 6.07) is 27.4. The molecule has 1 unspecified atom stereocenters. The first-order valence-corrected chi connectivity index (χ1v) is 8.30. The van der Waals surface area contributed by atoms with Gasteiger partial charge in [0.25, 0.3) is 0 Å². The summed E-state index contributed by atoms with van der Waals surface area (Å²) in [6.07, 6.45) is 2.13. The summed E-state index contributed by atoms with van der Waals surface area (Å²) in [5, 5.41) is 0. The second-order valence-electron chi connectivity index (χ2n) is 6.23. The van der Waals surface area contributed by atoms with Crippen LogP contribution in [0.1, 0.15) is 29.7 Å². The van der Waals surface area contributed by atoms with E-state index < -0.39 is 0 Å². The van der Waals surface area contributed by atoms with E-state index in [9.17, 15) is 0 Å². The lowest BCUT2D eigenvalue weighted by molar-refractivity contribution is 0.911. The van der Waals surface area contributed by atoms with Crippen LogP contribution >= 0.6 is 0 Å². The molecule has 1 nitrogen and oxygen atoms in total. The molecule has 0 aliphatic carbocycles. The topological polar surface area (TPSA) is 26.0 Å². The third-order valence-electron chi connectivity index (χ3n) is 4.34. The van der Waals surface area contributed by atoms with Gasteiger partial charge in [0.1, 0.15) is 0 Å². The number of allylic oxidation sites excluding steroid dienone is 1. The number of nitrogens with two attached hydrogens (primary N) is 1. The lowest BCUT2D eigenvalue weighted by atomic mass is 9.98.